The molecule has 0 aliphatic carbocycles. The van der Waals surface area contributed by atoms with Crippen molar-refractivity contribution in [3.63, 3.8) is 0 Å². The van der Waals surface area contributed by atoms with Crippen molar-refractivity contribution in [2.45, 2.75) is 70.9 Å². The van der Waals surface area contributed by atoms with E-state index in [2.05, 4.69) is 13.8 Å². The number of rotatable bonds is 8. The number of nitrogens with two attached hydrogens (primary N) is 2. The summed E-state index contributed by atoms with van der Waals surface area (Å²) in [7, 11) is 0. The lowest BCUT2D eigenvalue weighted by molar-refractivity contribution is 0.482. The van der Waals surface area contributed by atoms with Gasteiger partial charge in [0.1, 0.15) is 0 Å². The lowest BCUT2D eigenvalue weighted by atomic mass is 10.0. The molecule has 0 saturated heterocycles. The second-order valence-corrected chi connectivity index (χ2v) is 4.00. The Kier molecular flexibility index (Phi) is 8.46. The van der Waals surface area contributed by atoms with Crippen LogP contribution in [0.5, 0.6) is 0 Å². The van der Waals surface area contributed by atoms with E-state index in [1.807, 2.05) is 0 Å². The molecule has 0 radical (unpaired) electrons. The lowest BCUT2D eigenvalue weighted by Crippen LogP contribution is -2.22. The molecule has 0 bridgehead atoms. The fraction of sp³-hybridized carbons (Fsp3) is 1.00. The fourth-order valence-electron chi connectivity index (χ4n) is 1.46. The summed E-state index contributed by atoms with van der Waals surface area (Å²) < 4.78 is 0. The summed E-state index contributed by atoms with van der Waals surface area (Å²) in [6.45, 7) is 4.35. The van der Waals surface area contributed by atoms with Gasteiger partial charge in [0.05, 0.1) is 0 Å². The van der Waals surface area contributed by atoms with Crippen molar-refractivity contribution in [2.24, 2.45) is 11.5 Å². The van der Waals surface area contributed by atoms with Crippen molar-refractivity contribution < 1.29 is 0 Å². The van der Waals surface area contributed by atoms with Gasteiger partial charge in [-0.3, -0.25) is 0 Å². The van der Waals surface area contributed by atoms with Crippen molar-refractivity contribution >= 4 is 0 Å². The van der Waals surface area contributed by atoms with E-state index >= 15 is 0 Å². The Morgan fingerprint density at radius 1 is 0.846 bits per heavy atom. The van der Waals surface area contributed by atoms with Crippen LogP contribution in [0, 0.1) is 0 Å². The van der Waals surface area contributed by atoms with E-state index in [-0.39, 0.29) is 0 Å². The summed E-state index contributed by atoms with van der Waals surface area (Å²) in [6.07, 6.45) is 8.26. The maximum atomic E-state index is 5.95. The van der Waals surface area contributed by atoms with Crippen molar-refractivity contribution in [1.29, 1.82) is 0 Å². The Hall–Kier alpha value is -0.0800. The first-order valence-electron chi connectivity index (χ1n) is 5.71. The molecule has 80 valence electrons. The minimum absolute atomic E-state index is 0.387. The first-order valence-corrected chi connectivity index (χ1v) is 5.71. The van der Waals surface area contributed by atoms with Gasteiger partial charge in [0, 0.05) is 12.1 Å². The number of unbranched alkanes of at least 4 members (excludes halogenated alkanes) is 1. The maximum Gasteiger partial charge on any atom is 0.00388 e. The van der Waals surface area contributed by atoms with E-state index in [1.54, 1.807) is 0 Å². The van der Waals surface area contributed by atoms with Crippen LogP contribution in [-0.4, -0.2) is 12.1 Å². The minimum Gasteiger partial charge on any atom is -0.328 e. The highest BCUT2D eigenvalue weighted by atomic mass is 14.6. The smallest absolute Gasteiger partial charge is 0.00388 e. The molecule has 2 unspecified atom stereocenters. The Balaban J connectivity index is 3.21. The number of hydrogen-bond acceptors (Lipinski definition) is 2. The van der Waals surface area contributed by atoms with E-state index in [0.717, 1.165) is 19.3 Å². The summed E-state index contributed by atoms with van der Waals surface area (Å²) >= 11 is 0. The molecule has 0 aliphatic heterocycles. The van der Waals surface area contributed by atoms with Crippen LogP contribution >= 0.6 is 0 Å². The molecule has 0 aromatic rings. The van der Waals surface area contributed by atoms with Gasteiger partial charge in [0.2, 0.25) is 0 Å². The molecule has 0 aromatic heterocycles. The van der Waals surface area contributed by atoms with Crippen LogP contribution in [0.3, 0.4) is 0 Å². The summed E-state index contributed by atoms with van der Waals surface area (Å²) in [5, 5.41) is 0. The highest BCUT2D eigenvalue weighted by molar-refractivity contribution is 4.64. The minimum atomic E-state index is 0.387. The average molecular weight is 186 g/mol. The zero-order valence-corrected chi connectivity index (χ0v) is 9.26. The molecule has 0 aliphatic rings. The number of hydrogen-bond donors (Lipinski definition) is 2. The Morgan fingerprint density at radius 3 is 1.92 bits per heavy atom. The van der Waals surface area contributed by atoms with Gasteiger partial charge in [-0.25, -0.2) is 0 Å². The average Bonchev–Trinajstić information content (AvgIpc) is 2.14. The third-order valence-corrected chi connectivity index (χ3v) is 2.60. The van der Waals surface area contributed by atoms with Gasteiger partial charge in [-0.05, 0) is 25.7 Å². The SMILES string of the molecule is CCCCC(N)CCCC(N)CC. The zero-order valence-electron chi connectivity index (χ0n) is 9.26. The quantitative estimate of drug-likeness (QED) is 0.611. The first-order chi connectivity index (χ1) is 6.20. The molecule has 0 amide bonds. The van der Waals surface area contributed by atoms with Gasteiger partial charge in [-0.2, -0.15) is 0 Å². The van der Waals surface area contributed by atoms with Crippen LogP contribution in [0.15, 0.2) is 0 Å². The van der Waals surface area contributed by atoms with Gasteiger partial charge in [-0.15, -0.1) is 0 Å². The molecule has 0 fully saturated rings. The second kappa shape index (κ2) is 8.52. The van der Waals surface area contributed by atoms with Gasteiger partial charge >= 0.3 is 0 Å². The molecular weight excluding hydrogens is 160 g/mol. The van der Waals surface area contributed by atoms with E-state index in [1.165, 1.54) is 25.7 Å². The van der Waals surface area contributed by atoms with Gasteiger partial charge in [-0.1, -0.05) is 33.1 Å². The second-order valence-electron chi connectivity index (χ2n) is 4.00. The molecule has 2 atom stereocenters. The van der Waals surface area contributed by atoms with Crippen LogP contribution in [0.4, 0.5) is 0 Å². The van der Waals surface area contributed by atoms with Gasteiger partial charge < -0.3 is 11.5 Å². The van der Waals surface area contributed by atoms with Crippen LogP contribution < -0.4 is 11.5 Å². The predicted octanol–water partition coefficient (Wildman–Crippen LogP) is 2.41. The fourth-order valence-corrected chi connectivity index (χ4v) is 1.46. The van der Waals surface area contributed by atoms with E-state index < -0.39 is 0 Å². The van der Waals surface area contributed by atoms with E-state index in [0.29, 0.717) is 12.1 Å². The predicted molar refractivity (Wildman–Crippen MR) is 59.6 cm³/mol. The van der Waals surface area contributed by atoms with Crippen molar-refractivity contribution in [2.75, 3.05) is 0 Å². The molecule has 2 nitrogen and oxygen atoms in total. The molecule has 13 heavy (non-hydrogen) atoms. The normalized spacial score (nSPS) is 15.7. The van der Waals surface area contributed by atoms with Crippen molar-refractivity contribution in [3.05, 3.63) is 0 Å². The van der Waals surface area contributed by atoms with Crippen LogP contribution in [0.25, 0.3) is 0 Å². The van der Waals surface area contributed by atoms with Gasteiger partial charge in [0.25, 0.3) is 0 Å². The van der Waals surface area contributed by atoms with Crippen LogP contribution in [-0.2, 0) is 0 Å². The van der Waals surface area contributed by atoms with E-state index in [4.69, 9.17) is 11.5 Å². The third kappa shape index (κ3) is 8.26. The molecule has 4 N–H and O–H groups in total. The van der Waals surface area contributed by atoms with Crippen LogP contribution in [0.1, 0.15) is 58.8 Å². The molecule has 0 heterocycles. The molecular formula is C11H26N2. The molecule has 0 spiro atoms. The molecule has 0 rings (SSSR count). The van der Waals surface area contributed by atoms with Crippen LogP contribution in [0.2, 0.25) is 0 Å². The van der Waals surface area contributed by atoms with Crippen molar-refractivity contribution in [3.8, 4) is 0 Å². The summed E-state index contributed by atoms with van der Waals surface area (Å²) in [5.41, 5.74) is 11.8. The summed E-state index contributed by atoms with van der Waals surface area (Å²) in [6, 6.07) is 0.794. The Morgan fingerprint density at radius 2 is 1.38 bits per heavy atom. The highest BCUT2D eigenvalue weighted by Gasteiger charge is 2.03. The Bertz CT molecular complexity index is 104. The monoisotopic (exact) mass is 186 g/mol. The maximum absolute atomic E-state index is 5.95. The molecule has 0 saturated carbocycles. The summed E-state index contributed by atoms with van der Waals surface area (Å²) in [5.74, 6) is 0. The molecule has 2 heteroatoms. The van der Waals surface area contributed by atoms with Gasteiger partial charge in [0.15, 0.2) is 0 Å². The highest BCUT2D eigenvalue weighted by Crippen LogP contribution is 2.08. The Labute approximate surface area is 83.1 Å². The topological polar surface area (TPSA) is 52.0 Å². The summed E-state index contributed by atoms with van der Waals surface area (Å²) in [4.78, 5) is 0. The van der Waals surface area contributed by atoms with Crippen molar-refractivity contribution in [1.82, 2.24) is 0 Å². The third-order valence-electron chi connectivity index (χ3n) is 2.60. The first kappa shape index (κ1) is 12.9. The standard InChI is InChI=1S/C11H26N2/c1-3-5-7-11(13)9-6-8-10(12)4-2/h10-11H,3-9,12-13H2,1-2H3. The zero-order chi connectivity index (χ0) is 10.1. The lowest BCUT2D eigenvalue weighted by Gasteiger charge is -2.12. The molecule has 0 aromatic carbocycles. The van der Waals surface area contributed by atoms with E-state index in [9.17, 15) is 0 Å². The largest absolute Gasteiger partial charge is 0.328 e.